The van der Waals surface area contributed by atoms with Crippen LogP contribution in [0.3, 0.4) is 0 Å². The van der Waals surface area contributed by atoms with Crippen LogP contribution < -0.4 is 76.9 Å². The van der Waals surface area contributed by atoms with Crippen molar-refractivity contribution < 1.29 is 133 Å². The van der Waals surface area contributed by atoms with Gasteiger partial charge in [0.15, 0.2) is 0 Å². The van der Waals surface area contributed by atoms with Crippen LogP contribution in [-0.4, -0.2) is 63.6 Å². The van der Waals surface area contributed by atoms with Gasteiger partial charge in [0.2, 0.25) is 0 Å². The van der Waals surface area contributed by atoms with Crippen LogP contribution in [-0.2, 0) is 40.9 Å². The van der Waals surface area contributed by atoms with Gasteiger partial charge in [-0.05, 0) is 20.8 Å². The summed E-state index contributed by atoms with van der Waals surface area (Å²) in [7, 11) is 0. The van der Waals surface area contributed by atoms with Gasteiger partial charge in [-0.3, -0.25) is 0 Å². The molecular weight excluding hydrogens is 423 g/mol. The first-order valence-corrected chi connectivity index (χ1v) is 6.11. The van der Waals surface area contributed by atoms with E-state index in [-0.39, 0.29) is 73.1 Å². The molecule has 14 heteroatoms. The summed E-state index contributed by atoms with van der Waals surface area (Å²) in [5.41, 5.74) is 0. The maximum Gasteiger partial charge on any atom is 4.00 e. The monoisotopic (exact) mass is 442 g/mol. The molecule has 0 fully saturated rings. The topological polar surface area (TPSA) is 244 Å². The number of carbonyl (C=O) groups excluding carboxylic acids is 4. The summed E-state index contributed by atoms with van der Waals surface area (Å²) >= 11 is 0. The molecule has 4 unspecified atom stereocenters. The van der Waals surface area contributed by atoms with Crippen molar-refractivity contribution in [3.8, 4) is 0 Å². The zero-order valence-corrected chi connectivity index (χ0v) is 19.5. The smallest absolute Gasteiger partial charge is 0.848 e. The summed E-state index contributed by atoms with van der Waals surface area (Å²) in [6, 6.07) is 0. The molecule has 0 aliphatic carbocycles. The van der Waals surface area contributed by atoms with Crippen LogP contribution in [0.15, 0.2) is 0 Å². The zero-order valence-electron chi connectivity index (χ0n) is 14.8. The predicted molar refractivity (Wildman–Crippen MR) is 64.5 cm³/mol. The van der Waals surface area contributed by atoms with Crippen molar-refractivity contribution in [2.45, 2.75) is 52.1 Å². The number of rotatable bonds is 4. The number of aliphatic hydroxyl groups excluding tert-OH is 3. The first-order valence-electron chi connectivity index (χ1n) is 6.11. The third-order valence-electron chi connectivity index (χ3n) is 1.36. The van der Waals surface area contributed by atoms with E-state index in [0.717, 1.165) is 27.7 Å². The van der Waals surface area contributed by atoms with Crippen LogP contribution in [0, 0.1) is 0 Å². The summed E-state index contributed by atoms with van der Waals surface area (Å²) in [6.45, 7) is 4.43. The molecule has 4 atom stereocenters. The molecule has 26 heavy (non-hydrogen) atoms. The minimum Gasteiger partial charge on any atom is -0.848 e. The van der Waals surface area contributed by atoms with Crippen LogP contribution >= 0.6 is 0 Å². The minimum atomic E-state index is -1.59. The molecule has 0 saturated heterocycles. The molecule has 0 spiro atoms. The molecule has 0 radical (unpaired) electrons. The molecule has 0 aliphatic heterocycles. The maximum absolute atomic E-state index is 9.56. The van der Waals surface area contributed by atoms with E-state index in [1.165, 1.54) is 0 Å². The van der Waals surface area contributed by atoms with Crippen molar-refractivity contribution in [2.75, 3.05) is 0 Å². The van der Waals surface area contributed by atoms with Gasteiger partial charge >= 0.3 is 73.1 Å². The number of carboxylic acids is 4. The Bertz CT molecular complexity index is 312. The number of aliphatic hydroxyl groups is 3. The van der Waals surface area contributed by atoms with E-state index in [9.17, 15) is 44.7 Å². The van der Waals surface area contributed by atoms with Gasteiger partial charge in [0.05, 0.1) is 36.2 Å². The fourth-order valence-corrected chi connectivity index (χ4v) is 0. The van der Waals surface area contributed by atoms with Crippen LogP contribution in [0.4, 0.5) is 0 Å². The third-order valence-corrected chi connectivity index (χ3v) is 1.36. The second-order valence-corrected chi connectivity index (χ2v) is 3.95. The first-order chi connectivity index (χ1) is 10.6. The Balaban J connectivity index is -0.0000000500. The van der Waals surface area contributed by atoms with Crippen molar-refractivity contribution in [1.82, 2.24) is 0 Å². The fourth-order valence-electron chi connectivity index (χ4n) is 0. The van der Waals surface area contributed by atoms with E-state index < -0.39 is 48.3 Å². The van der Waals surface area contributed by atoms with E-state index in [2.05, 4.69) is 0 Å². The Labute approximate surface area is 207 Å². The van der Waals surface area contributed by atoms with Gasteiger partial charge in [-0.2, -0.15) is 0 Å². The Hall–Kier alpha value is 0.0706. The Morgan fingerprint density at radius 1 is 0.615 bits per heavy atom. The molecule has 0 heterocycles. The summed E-state index contributed by atoms with van der Waals surface area (Å²) in [5.74, 6) is -5.85. The number of carbonyl (C=O) groups is 4. The predicted octanol–water partition coefficient (Wildman–Crippen LogP) is -11.2. The summed E-state index contributed by atoms with van der Waals surface area (Å²) in [4.78, 5) is 37.3. The molecule has 0 amide bonds. The summed E-state index contributed by atoms with van der Waals surface area (Å²) in [6.07, 6.45) is -5.62. The normalized spacial score (nSPS) is 12.6. The van der Waals surface area contributed by atoms with Gasteiger partial charge in [0.1, 0.15) is 0 Å². The molecule has 0 aromatic rings. The van der Waals surface area contributed by atoms with E-state index >= 15 is 0 Å². The standard InChI is InChI=1S/3C3H6O3.C3H5O3.K.Ti/c4*1-2(4)3(5)6;;/h3*2,4H,1H3,(H,5,6);2H,1H3,(H,5,6);;/q;;;-1;+1;+4/p-4. The Morgan fingerprint density at radius 2 is 0.692 bits per heavy atom. The van der Waals surface area contributed by atoms with E-state index in [1.54, 1.807) is 0 Å². The third kappa shape index (κ3) is 49.6. The molecule has 0 bridgehead atoms. The largest absolute Gasteiger partial charge is 4.00 e. The molecule has 0 aliphatic rings. The van der Waals surface area contributed by atoms with Crippen molar-refractivity contribution in [1.29, 1.82) is 0 Å². The van der Waals surface area contributed by atoms with Crippen molar-refractivity contribution >= 4 is 23.9 Å². The van der Waals surface area contributed by atoms with Gasteiger partial charge < -0.3 is 60.0 Å². The van der Waals surface area contributed by atoms with Gasteiger partial charge in [0, 0.05) is 5.97 Å². The van der Waals surface area contributed by atoms with Gasteiger partial charge in [-0.25, -0.2) is 0 Å². The fraction of sp³-hybridized carbons (Fsp3) is 0.667. The van der Waals surface area contributed by atoms with Crippen LogP contribution in [0.5, 0.6) is 0 Å². The first kappa shape index (κ1) is 40.7. The average Bonchev–Trinajstić information content (AvgIpc) is 2.40. The van der Waals surface area contributed by atoms with Crippen molar-refractivity contribution in [2.24, 2.45) is 0 Å². The van der Waals surface area contributed by atoms with E-state index in [1.807, 2.05) is 0 Å². The molecule has 0 aromatic carbocycles. The SMILES string of the molecule is CC(O)C(=O)[O-].CC(O)C(=O)[O-].CC(O)C(=O)[O-].CC([O-])C(=O)[O-].[K+].[Ti+4]. The Morgan fingerprint density at radius 3 is 0.692 bits per heavy atom. The van der Waals surface area contributed by atoms with E-state index in [4.69, 9.17) is 15.3 Å². The maximum atomic E-state index is 9.56. The quantitative estimate of drug-likeness (QED) is 0.344. The molecule has 0 aromatic heterocycles. The number of hydrogen-bond donors (Lipinski definition) is 3. The van der Waals surface area contributed by atoms with Gasteiger partial charge in [-0.15, -0.1) is 0 Å². The molecule has 12 nitrogen and oxygen atoms in total. The average molecular weight is 442 g/mol. The van der Waals surface area contributed by atoms with Crippen LogP contribution in [0.1, 0.15) is 27.7 Å². The van der Waals surface area contributed by atoms with Gasteiger partial charge in [0.25, 0.3) is 0 Å². The Kier molecular flexibility index (Phi) is 39.2. The van der Waals surface area contributed by atoms with E-state index in [0.29, 0.717) is 0 Å². The molecular formula is C12H19KO12Ti. The number of carboxylic acid groups (broad SMARTS) is 4. The number of aliphatic carboxylic acids is 4. The van der Waals surface area contributed by atoms with Crippen LogP contribution in [0.25, 0.3) is 0 Å². The van der Waals surface area contributed by atoms with Crippen molar-refractivity contribution in [3.05, 3.63) is 0 Å². The second kappa shape index (κ2) is 25.1. The number of hydrogen-bond acceptors (Lipinski definition) is 12. The van der Waals surface area contributed by atoms with Gasteiger partial charge in [-0.1, -0.05) is 13.0 Å². The molecule has 3 N–H and O–H groups in total. The molecule has 0 saturated carbocycles. The minimum absolute atomic E-state index is 0. The second-order valence-electron chi connectivity index (χ2n) is 3.95. The summed E-state index contributed by atoms with van der Waals surface area (Å²) in [5, 5.41) is 70.8. The molecule has 0 rings (SSSR count). The van der Waals surface area contributed by atoms with Crippen molar-refractivity contribution in [3.63, 3.8) is 0 Å². The van der Waals surface area contributed by atoms with Crippen LogP contribution in [0.2, 0.25) is 0 Å². The summed E-state index contributed by atoms with van der Waals surface area (Å²) < 4.78 is 0. The zero-order chi connectivity index (χ0) is 20.6. The molecule has 144 valence electrons.